The number of carbonyl (C=O) groups is 6. The smallest absolute Gasteiger partial charge is 0.326 e. The summed E-state index contributed by atoms with van der Waals surface area (Å²) in [5, 5.41) is 25.3. The summed E-state index contributed by atoms with van der Waals surface area (Å²) in [5.74, 6) is -5.71. The minimum Gasteiger partial charge on any atom is -0.481 e. The van der Waals surface area contributed by atoms with Gasteiger partial charge in [-0.15, -0.1) is 0 Å². The lowest BCUT2D eigenvalue weighted by molar-refractivity contribution is -0.147. The van der Waals surface area contributed by atoms with Crippen molar-refractivity contribution in [3.63, 3.8) is 0 Å². The normalized spacial score (nSPS) is 15.2. The molecule has 0 bridgehead atoms. The Labute approximate surface area is 202 Å². The van der Waals surface area contributed by atoms with Crippen molar-refractivity contribution < 1.29 is 39.0 Å². The van der Waals surface area contributed by atoms with E-state index < -0.39 is 72.1 Å². The van der Waals surface area contributed by atoms with E-state index >= 15 is 0 Å². The van der Waals surface area contributed by atoms with Crippen LogP contribution in [0.4, 0.5) is 0 Å². The van der Waals surface area contributed by atoms with Crippen LogP contribution in [-0.4, -0.2) is 82.0 Å². The number of hydrogen-bond acceptors (Lipinski definition) is 8. The monoisotopic (exact) mass is 505 g/mol. The van der Waals surface area contributed by atoms with E-state index in [2.05, 4.69) is 16.0 Å². The van der Waals surface area contributed by atoms with Crippen LogP contribution in [0.5, 0.6) is 0 Å². The van der Waals surface area contributed by atoms with Crippen LogP contribution in [0.15, 0.2) is 0 Å². The molecule has 0 radical (unpaired) electrons. The quantitative estimate of drug-likeness (QED) is 0.119. The van der Waals surface area contributed by atoms with Gasteiger partial charge < -0.3 is 37.6 Å². The van der Waals surface area contributed by atoms with Gasteiger partial charge in [-0.1, -0.05) is 20.3 Å². The number of amides is 4. The van der Waals surface area contributed by atoms with Crippen molar-refractivity contribution in [1.82, 2.24) is 16.0 Å². The van der Waals surface area contributed by atoms with Crippen LogP contribution in [0, 0.1) is 5.92 Å². The minimum atomic E-state index is -1.68. The van der Waals surface area contributed by atoms with Gasteiger partial charge in [-0.25, -0.2) is 4.79 Å². The van der Waals surface area contributed by atoms with Gasteiger partial charge in [-0.2, -0.15) is 11.8 Å². The Morgan fingerprint density at radius 1 is 0.912 bits per heavy atom. The van der Waals surface area contributed by atoms with Crippen molar-refractivity contribution >= 4 is 47.3 Å². The topological polar surface area (TPSA) is 231 Å². The average Bonchev–Trinajstić information content (AvgIpc) is 2.76. The fourth-order valence-corrected chi connectivity index (χ4v) is 3.28. The molecule has 0 saturated heterocycles. The number of hydrogen-bond donors (Lipinski definition) is 7. The van der Waals surface area contributed by atoms with E-state index in [1.165, 1.54) is 11.8 Å². The fourth-order valence-electron chi connectivity index (χ4n) is 2.80. The van der Waals surface area contributed by atoms with Gasteiger partial charge in [0.25, 0.3) is 0 Å². The average molecular weight is 506 g/mol. The highest BCUT2D eigenvalue weighted by atomic mass is 32.2. The van der Waals surface area contributed by atoms with Crippen LogP contribution in [0.25, 0.3) is 0 Å². The zero-order chi connectivity index (χ0) is 26.4. The van der Waals surface area contributed by atoms with Crippen LogP contribution in [-0.2, 0) is 28.8 Å². The highest BCUT2D eigenvalue weighted by Crippen LogP contribution is 2.11. The highest BCUT2D eigenvalue weighted by molar-refractivity contribution is 7.98. The number of aliphatic carboxylic acids is 2. The Hall–Kier alpha value is -2.87. The van der Waals surface area contributed by atoms with Gasteiger partial charge in [0.05, 0.1) is 12.5 Å². The van der Waals surface area contributed by atoms with Crippen LogP contribution in [0.1, 0.15) is 46.0 Å². The van der Waals surface area contributed by atoms with Crippen molar-refractivity contribution in [3.05, 3.63) is 0 Å². The van der Waals surface area contributed by atoms with Crippen LogP contribution < -0.4 is 27.4 Å². The van der Waals surface area contributed by atoms with Gasteiger partial charge in [-0.3, -0.25) is 24.0 Å². The van der Waals surface area contributed by atoms with Crippen molar-refractivity contribution in [2.24, 2.45) is 17.4 Å². The summed E-state index contributed by atoms with van der Waals surface area (Å²) >= 11 is 1.43. The second kappa shape index (κ2) is 15.9. The summed E-state index contributed by atoms with van der Waals surface area (Å²) < 4.78 is 0. The molecule has 0 aromatic heterocycles. The van der Waals surface area contributed by atoms with Crippen LogP contribution in [0.2, 0.25) is 0 Å². The zero-order valence-corrected chi connectivity index (χ0v) is 20.4. The van der Waals surface area contributed by atoms with Gasteiger partial charge in [-0.05, 0) is 30.8 Å². The summed E-state index contributed by atoms with van der Waals surface area (Å²) in [5.41, 5.74) is 10.8. The lowest BCUT2D eigenvalue weighted by atomic mass is 9.97. The van der Waals surface area contributed by atoms with E-state index in [1.807, 2.05) is 0 Å². The van der Waals surface area contributed by atoms with Gasteiger partial charge in [0.15, 0.2) is 0 Å². The predicted octanol–water partition coefficient (Wildman–Crippen LogP) is -1.61. The number of carbonyl (C=O) groups excluding carboxylic acids is 4. The van der Waals surface area contributed by atoms with E-state index in [4.69, 9.17) is 16.6 Å². The molecule has 4 amide bonds. The maximum Gasteiger partial charge on any atom is 0.326 e. The van der Waals surface area contributed by atoms with Gasteiger partial charge in [0.2, 0.25) is 23.6 Å². The second-order valence-electron chi connectivity index (χ2n) is 7.82. The van der Waals surface area contributed by atoms with E-state index in [1.54, 1.807) is 20.1 Å². The number of nitrogens with one attached hydrogen (secondary N) is 3. The third kappa shape index (κ3) is 11.8. The molecule has 0 spiro atoms. The van der Waals surface area contributed by atoms with E-state index in [-0.39, 0.29) is 19.3 Å². The third-order valence-corrected chi connectivity index (χ3v) is 5.71. The number of thioether (sulfide) groups is 1. The first-order chi connectivity index (χ1) is 15.8. The van der Waals surface area contributed by atoms with Gasteiger partial charge in [0.1, 0.15) is 18.1 Å². The number of carboxylic acid groups (broad SMARTS) is 2. The lowest BCUT2D eigenvalue weighted by Gasteiger charge is -2.28. The van der Waals surface area contributed by atoms with E-state index in [0.29, 0.717) is 12.2 Å². The molecular formula is C20H35N5O8S. The molecule has 14 heteroatoms. The Kier molecular flexibility index (Phi) is 14.5. The Balaban J connectivity index is 5.50. The van der Waals surface area contributed by atoms with Gasteiger partial charge >= 0.3 is 11.9 Å². The zero-order valence-electron chi connectivity index (χ0n) is 19.5. The maximum atomic E-state index is 13.0. The SMILES string of the molecule is CCC(C)C(NC(=O)C(CCSC)NC(=O)C(N)CCC(N)=O)C(=O)NC(CC(=O)O)C(=O)O. The molecule has 0 rings (SSSR count). The lowest BCUT2D eigenvalue weighted by Crippen LogP contribution is -2.59. The van der Waals surface area contributed by atoms with Crippen molar-refractivity contribution in [1.29, 1.82) is 0 Å². The molecule has 0 aromatic rings. The van der Waals surface area contributed by atoms with Crippen molar-refractivity contribution in [2.75, 3.05) is 12.0 Å². The summed E-state index contributed by atoms with van der Waals surface area (Å²) in [4.78, 5) is 71.2. The first kappa shape index (κ1) is 31.1. The Bertz CT molecular complexity index is 750. The number of nitrogens with two attached hydrogens (primary N) is 2. The number of primary amides is 1. The fraction of sp³-hybridized carbons (Fsp3) is 0.700. The summed E-state index contributed by atoms with van der Waals surface area (Å²) in [7, 11) is 0. The molecule has 0 aliphatic rings. The third-order valence-electron chi connectivity index (χ3n) is 5.07. The van der Waals surface area contributed by atoms with Gasteiger partial charge in [0, 0.05) is 6.42 Å². The summed E-state index contributed by atoms with van der Waals surface area (Å²) in [6, 6.07) is -4.97. The first-order valence-electron chi connectivity index (χ1n) is 10.7. The molecule has 0 fully saturated rings. The van der Waals surface area contributed by atoms with Crippen molar-refractivity contribution in [2.45, 2.75) is 70.1 Å². The van der Waals surface area contributed by atoms with E-state index in [9.17, 15) is 33.9 Å². The summed E-state index contributed by atoms with van der Waals surface area (Å²) in [6.07, 6.45) is 1.52. The van der Waals surface area contributed by atoms with Crippen LogP contribution in [0.3, 0.4) is 0 Å². The van der Waals surface area contributed by atoms with E-state index in [0.717, 1.165) is 0 Å². The molecule has 13 nitrogen and oxygen atoms in total. The molecule has 194 valence electrons. The molecule has 0 aliphatic carbocycles. The molecule has 5 unspecified atom stereocenters. The standard InChI is InChI=1S/C20H35N5O8S/c1-4-10(2)16(19(31)24-13(20(32)33)9-15(27)28)25-18(30)12(7-8-34-3)23-17(29)11(21)5-6-14(22)26/h10-13,16H,4-9,21H2,1-3H3,(H2,22,26)(H,23,29)(H,24,31)(H,25,30)(H,27,28)(H,32,33). The van der Waals surface area contributed by atoms with Crippen LogP contribution >= 0.6 is 11.8 Å². The Morgan fingerprint density at radius 3 is 1.97 bits per heavy atom. The first-order valence-corrected chi connectivity index (χ1v) is 12.1. The molecule has 5 atom stereocenters. The molecule has 0 saturated carbocycles. The van der Waals surface area contributed by atoms with Crippen molar-refractivity contribution in [3.8, 4) is 0 Å². The molecular weight excluding hydrogens is 470 g/mol. The molecule has 0 aromatic carbocycles. The highest BCUT2D eigenvalue weighted by Gasteiger charge is 2.33. The predicted molar refractivity (Wildman–Crippen MR) is 125 cm³/mol. The summed E-state index contributed by atoms with van der Waals surface area (Å²) in [6.45, 7) is 3.42. The second-order valence-corrected chi connectivity index (χ2v) is 8.81. The molecule has 9 N–H and O–H groups in total. The molecule has 0 aliphatic heterocycles. The maximum absolute atomic E-state index is 13.0. The molecule has 0 heterocycles. The largest absolute Gasteiger partial charge is 0.481 e. The molecule has 34 heavy (non-hydrogen) atoms. The Morgan fingerprint density at radius 2 is 1.50 bits per heavy atom. The minimum absolute atomic E-state index is 0.00388. The number of carboxylic acids is 2. The number of rotatable bonds is 17.